The van der Waals surface area contributed by atoms with Crippen LogP contribution in [-0.2, 0) is 14.3 Å². The molecule has 190 valence electrons. The number of ether oxygens (including phenoxy) is 3. The Bertz CT molecular complexity index is 1120. The molecule has 1 atom stereocenters. The second-order valence-electron chi connectivity index (χ2n) is 8.02. The summed E-state index contributed by atoms with van der Waals surface area (Å²) >= 11 is 6.23. The van der Waals surface area contributed by atoms with E-state index in [0.29, 0.717) is 0 Å². The number of halogens is 4. The molecule has 10 nitrogen and oxygen atoms in total. The molecule has 1 unspecified atom stereocenters. The van der Waals surface area contributed by atoms with Crippen molar-refractivity contribution in [3.63, 3.8) is 0 Å². The monoisotopic (exact) mass is 519 g/mol. The maximum absolute atomic E-state index is 12.7. The number of carbonyl (C=O) groups excluding carboxylic acids is 2. The van der Waals surface area contributed by atoms with E-state index in [9.17, 15) is 32.9 Å². The van der Waals surface area contributed by atoms with Gasteiger partial charge < -0.3 is 14.2 Å². The summed E-state index contributed by atoms with van der Waals surface area (Å²) in [6, 6.07) is 4.72. The van der Waals surface area contributed by atoms with Gasteiger partial charge in [-0.2, -0.15) is 13.2 Å². The molecular weight excluding hydrogens is 499 g/mol. The van der Waals surface area contributed by atoms with Gasteiger partial charge >= 0.3 is 18.2 Å². The fourth-order valence-electron chi connectivity index (χ4n) is 2.98. The van der Waals surface area contributed by atoms with Crippen molar-refractivity contribution in [3.8, 4) is 5.88 Å². The number of nitrogens with one attached hydrogen (secondary N) is 1. The van der Waals surface area contributed by atoms with E-state index >= 15 is 0 Å². The lowest BCUT2D eigenvalue weighted by atomic mass is 9.91. The molecule has 2 aromatic rings. The first-order chi connectivity index (χ1) is 16.1. The minimum Gasteiger partial charge on any atom is -0.481 e. The van der Waals surface area contributed by atoms with Crippen LogP contribution in [-0.4, -0.2) is 47.5 Å². The zero-order valence-electron chi connectivity index (χ0n) is 18.9. The van der Waals surface area contributed by atoms with Gasteiger partial charge in [-0.1, -0.05) is 11.6 Å². The highest BCUT2D eigenvalue weighted by atomic mass is 35.5. The number of rotatable bonds is 7. The zero-order valence-corrected chi connectivity index (χ0v) is 19.7. The lowest BCUT2D eigenvalue weighted by Gasteiger charge is -2.22. The van der Waals surface area contributed by atoms with Gasteiger partial charge in [0.05, 0.1) is 28.7 Å². The molecule has 0 bridgehead atoms. The smallest absolute Gasteiger partial charge is 0.481 e. The van der Waals surface area contributed by atoms with E-state index in [1.165, 1.54) is 31.5 Å². The normalized spacial score (nSPS) is 12.5. The molecule has 1 N–H and O–H groups in total. The van der Waals surface area contributed by atoms with Gasteiger partial charge in [0.25, 0.3) is 5.69 Å². The number of anilines is 1. The Morgan fingerprint density at radius 3 is 2.43 bits per heavy atom. The van der Waals surface area contributed by atoms with Crippen LogP contribution in [0.15, 0.2) is 30.5 Å². The van der Waals surface area contributed by atoms with E-state index in [2.05, 4.69) is 15.0 Å². The van der Waals surface area contributed by atoms with Crippen LogP contribution in [0.1, 0.15) is 37.8 Å². The highest BCUT2D eigenvalue weighted by molar-refractivity contribution is 6.31. The van der Waals surface area contributed by atoms with E-state index in [4.69, 9.17) is 21.1 Å². The number of hydrogen-bond acceptors (Lipinski definition) is 8. The molecule has 1 amide bonds. The summed E-state index contributed by atoms with van der Waals surface area (Å²) in [5.41, 5.74) is -1.68. The van der Waals surface area contributed by atoms with E-state index < -0.39 is 47.0 Å². The third kappa shape index (κ3) is 7.44. The molecule has 0 aliphatic carbocycles. The van der Waals surface area contributed by atoms with Crippen LogP contribution in [0.3, 0.4) is 0 Å². The fourth-order valence-corrected chi connectivity index (χ4v) is 3.24. The van der Waals surface area contributed by atoms with Crippen molar-refractivity contribution in [3.05, 3.63) is 56.7 Å². The van der Waals surface area contributed by atoms with Crippen LogP contribution < -0.4 is 10.1 Å². The number of esters is 1. The van der Waals surface area contributed by atoms with Crippen LogP contribution in [0, 0.1) is 10.1 Å². The summed E-state index contributed by atoms with van der Waals surface area (Å²) < 4.78 is 52.8. The summed E-state index contributed by atoms with van der Waals surface area (Å²) in [6.45, 7) is 3.89. The molecule has 0 aliphatic rings. The summed E-state index contributed by atoms with van der Waals surface area (Å²) in [7, 11) is 1.21. The predicted octanol–water partition coefficient (Wildman–Crippen LogP) is 5.24. The van der Waals surface area contributed by atoms with Gasteiger partial charge in [0.2, 0.25) is 5.88 Å². The highest BCUT2D eigenvalue weighted by Gasteiger charge is 2.42. The van der Waals surface area contributed by atoms with Gasteiger partial charge in [-0.3, -0.25) is 15.4 Å². The van der Waals surface area contributed by atoms with Gasteiger partial charge in [-0.25, -0.2) is 14.6 Å². The SMILES string of the molecule is COc1nccc(Cl)c1C(COC(=O)C(F)(F)F)c1ccc(NC(=O)OC(C)(C)C)cc1[N+](=O)[O-]. The lowest BCUT2D eigenvalue weighted by molar-refractivity contribution is -0.385. The molecule has 0 radical (unpaired) electrons. The summed E-state index contributed by atoms with van der Waals surface area (Å²) in [6.07, 6.45) is -4.92. The third-order valence-electron chi connectivity index (χ3n) is 4.30. The zero-order chi connectivity index (χ0) is 26.6. The van der Waals surface area contributed by atoms with Crippen LogP contribution in [0.4, 0.5) is 29.3 Å². The van der Waals surface area contributed by atoms with Crippen molar-refractivity contribution < 1.29 is 41.9 Å². The quantitative estimate of drug-likeness (QED) is 0.299. The Morgan fingerprint density at radius 2 is 1.89 bits per heavy atom. The number of methoxy groups -OCH3 is 1. The second-order valence-corrected chi connectivity index (χ2v) is 8.43. The molecule has 1 aromatic carbocycles. The van der Waals surface area contributed by atoms with E-state index in [1.807, 2.05) is 0 Å². The second kappa shape index (κ2) is 10.8. The number of carbonyl (C=O) groups is 2. The summed E-state index contributed by atoms with van der Waals surface area (Å²) in [5.74, 6) is -4.02. The van der Waals surface area contributed by atoms with Gasteiger partial charge in [0.15, 0.2) is 0 Å². The maximum atomic E-state index is 12.7. The largest absolute Gasteiger partial charge is 0.490 e. The number of amides is 1. The molecular formula is C21H21ClF3N3O7. The number of nitro benzene ring substituents is 1. The van der Waals surface area contributed by atoms with Crippen molar-refractivity contribution in [1.82, 2.24) is 4.98 Å². The average Bonchev–Trinajstić information content (AvgIpc) is 2.72. The molecule has 35 heavy (non-hydrogen) atoms. The highest BCUT2D eigenvalue weighted by Crippen LogP contribution is 2.40. The third-order valence-corrected chi connectivity index (χ3v) is 4.63. The van der Waals surface area contributed by atoms with Crippen LogP contribution >= 0.6 is 11.6 Å². The minimum atomic E-state index is -5.29. The Hall–Kier alpha value is -3.61. The lowest BCUT2D eigenvalue weighted by Crippen LogP contribution is -2.28. The molecule has 0 aliphatic heterocycles. The first-order valence-corrected chi connectivity index (χ1v) is 10.2. The molecule has 2 rings (SSSR count). The Balaban J connectivity index is 2.57. The number of hydrogen-bond donors (Lipinski definition) is 1. The molecule has 1 heterocycles. The Morgan fingerprint density at radius 1 is 1.23 bits per heavy atom. The number of pyridine rings is 1. The van der Waals surface area contributed by atoms with Gasteiger partial charge in [-0.05, 0) is 39.0 Å². The molecule has 0 spiro atoms. The summed E-state index contributed by atoms with van der Waals surface area (Å²) in [5, 5.41) is 14.1. The number of alkyl halides is 3. The van der Waals surface area contributed by atoms with E-state index in [1.54, 1.807) is 20.8 Å². The Labute approximate surface area is 202 Å². The standard InChI is InChI=1S/C21H21ClF3N3O7/c1-20(2,3)35-19(30)27-11-5-6-12(15(9-11)28(31)32)13(10-34-18(29)21(23,24)25)16-14(22)7-8-26-17(16)33-4/h5-9,13H,10H2,1-4H3,(H,27,30). The number of benzene rings is 1. The van der Waals surface area contributed by atoms with E-state index in [0.717, 1.165) is 6.07 Å². The van der Waals surface area contributed by atoms with Crippen molar-refractivity contribution in [2.45, 2.75) is 38.5 Å². The van der Waals surface area contributed by atoms with E-state index in [-0.39, 0.29) is 27.7 Å². The average molecular weight is 520 g/mol. The Kier molecular flexibility index (Phi) is 8.50. The van der Waals surface area contributed by atoms with Crippen LogP contribution in [0.25, 0.3) is 0 Å². The van der Waals surface area contributed by atoms with Crippen LogP contribution in [0.2, 0.25) is 5.02 Å². The van der Waals surface area contributed by atoms with Gasteiger partial charge in [0.1, 0.15) is 12.2 Å². The molecule has 14 heteroatoms. The van der Waals surface area contributed by atoms with Crippen molar-refractivity contribution >= 4 is 35.0 Å². The van der Waals surface area contributed by atoms with Gasteiger partial charge in [-0.15, -0.1) is 0 Å². The van der Waals surface area contributed by atoms with Crippen molar-refractivity contribution in [2.75, 3.05) is 19.0 Å². The summed E-state index contributed by atoms with van der Waals surface area (Å²) in [4.78, 5) is 38.4. The molecule has 1 aromatic heterocycles. The number of nitrogens with zero attached hydrogens (tertiary/aromatic N) is 2. The molecule has 0 saturated heterocycles. The van der Waals surface area contributed by atoms with Gasteiger partial charge in [0, 0.05) is 23.4 Å². The minimum absolute atomic E-state index is 0.0232. The van der Waals surface area contributed by atoms with Crippen LogP contribution in [0.5, 0.6) is 5.88 Å². The molecule has 0 fully saturated rings. The first-order valence-electron chi connectivity index (χ1n) is 9.84. The number of aromatic nitrogens is 1. The maximum Gasteiger partial charge on any atom is 0.490 e. The predicted molar refractivity (Wildman–Crippen MR) is 118 cm³/mol. The molecule has 0 saturated carbocycles. The topological polar surface area (TPSA) is 130 Å². The van der Waals surface area contributed by atoms with Crippen molar-refractivity contribution in [1.29, 1.82) is 0 Å². The first kappa shape index (κ1) is 27.6. The van der Waals surface area contributed by atoms with Crippen molar-refractivity contribution in [2.24, 2.45) is 0 Å². The number of nitro groups is 1. The fraction of sp³-hybridized carbons (Fsp3) is 0.381.